The van der Waals surface area contributed by atoms with Crippen LogP contribution in [0, 0.1) is 0 Å². The van der Waals surface area contributed by atoms with Crippen LogP contribution in [0.4, 0.5) is 18.9 Å². The lowest BCUT2D eigenvalue weighted by atomic mass is 10.1. The average molecular weight is 543 g/mol. The van der Waals surface area contributed by atoms with Gasteiger partial charge in [-0.15, -0.1) is 24.0 Å². The molecular formula is C20H33F3IN5O. The van der Waals surface area contributed by atoms with Crippen LogP contribution in [0.2, 0.25) is 0 Å². The molecular weight excluding hydrogens is 510 g/mol. The molecule has 0 unspecified atom stereocenters. The summed E-state index contributed by atoms with van der Waals surface area (Å²) in [7, 11) is 3.69. The molecule has 6 nitrogen and oxygen atoms in total. The minimum absolute atomic E-state index is 0. The van der Waals surface area contributed by atoms with E-state index in [0.717, 1.165) is 44.4 Å². The highest BCUT2D eigenvalue weighted by Crippen LogP contribution is 2.33. The van der Waals surface area contributed by atoms with Crippen LogP contribution in [-0.4, -0.2) is 70.9 Å². The van der Waals surface area contributed by atoms with Gasteiger partial charge in [-0.05, 0) is 44.2 Å². The number of likely N-dealkylation sites (N-methyl/N-ethyl adjacent to an activating group) is 1. The molecule has 1 aliphatic heterocycles. The van der Waals surface area contributed by atoms with Crippen LogP contribution >= 0.6 is 24.0 Å². The summed E-state index contributed by atoms with van der Waals surface area (Å²) in [5.74, 6) is 0.588. The van der Waals surface area contributed by atoms with Crippen molar-refractivity contribution in [1.29, 1.82) is 0 Å². The summed E-state index contributed by atoms with van der Waals surface area (Å²) in [5.41, 5.74) is 0.766. The maximum atomic E-state index is 13.3. The highest BCUT2D eigenvalue weighted by atomic mass is 127. The molecule has 1 aromatic rings. The van der Waals surface area contributed by atoms with E-state index in [1.165, 1.54) is 6.07 Å². The fraction of sp³-hybridized carbons (Fsp3) is 0.650. The van der Waals surface area contributed by atoms with Crippen molar-refractivity contribution < 1.29 is 17.9 Å². The van der Waals surface area contributed by atoms with Crippen molar-refractivity contribution in [2.75, 3.05) is 64.9 Å². The third-order valence-corrected chi connectivity index (χ3v) is 4.82. The smallest absolute Gasteiger partial charge is 0.385 e. The Kier molecular flexibility index (Phi) is 11.8. The van der Waals surface area contributed by atoms with Crippen LogP contribution in [-0.2, 0) is 17.5 Å². The zero-order valence-corrected chi connectivity index (χ0v) is 20.2. The van der Waals surface area contributed by atoms with Gasteiger partial charge in [-0.3, -0.25) is 0 Å². The van der Waals surface area contributed by atoms with Gasteiger partial charge in [0.1, 0.15) is 0 Å². The number of halogens is 4. The van der Waals surface area contributed by atoms with Crippen LogP contribution in [0.3, 0.4) is 0 Å². The summed E-state index contributed by atoms with van der Waals surface area (Å²) >= 11 is 0. The molecule has 0 atom stereocenters. The van der Waals surface area contributed by atoms with Crippen LogP contribution in [0.5, 0.6) is 0 Å². The molecule has 0 spiro atoms. The number of aliphatic imine (C=N–C) groups is 1. The molecule has 0 aliphatic carbocycles. The maximum absolute atomic E-state index is 13.3. The summed E-state index contributed by atoms with van der Waals surface area (Å²) in [6.07, 6.45) is -3.56. The average Bonchev–Trinajstić information content (AvgIpc) is 2.69. The van der Waals surface area contributed by atoms with Crippen LogP contribution < -0.4 is 15.5 Å². The van der Waals surface area contributed by atoms with Crippen molar-refractivity contribution >= 4 is 35.6 Å². The molecule has 1 aromatic carbocycles. The number of rotatable bonds is 8. The largest absolute Gasteiger partial charge is 0.416 e. The zero-order chi connectivity index (χ0) is 21.3. The molecule has 0 aromatic heterocycles. The van der Waals surface area contributed by atoms with Gasteiger partial charge in [0, 0.05) is 58.7 Å². The summed E-state index contributed by atoms with van der Waals surface area (Å²) in [6, 6.07) is 3.97. The van der Waals surface area contributed by atoms with Gasteiger partial charge < -0.3 is 25.2 Å². The van der Waals surface area contributed by atoms with E-state index in [0.29, 0.717) is 31.2 Å². The molecule has 0 saturated carbocycles. The minimum atomic E-state index is -4.37. The first-order valence-electron chi connectivity index (χ1n) is 10.00. The van der Waals surface area contributed by atoms with E-state index in [2.05, 4.69) is 25.4 Å². The Morgan fingerprint density at radius 1 is 1.17 bits per heavy atom. The molecule has 10 heteroatoms. The summed E-state index contributed by atoms with van der Waals surface area (Å²) in [6.45, 7) is 7.44. The Labute approximate surface area is 194 Å². The topological polar surface area (TPSA) is 52.1 Å². The highest BCUT2D eigenvalue weighted by molar-refractivity contribution is 14.0. The fourth-order valence-electron chi connectivity index (χ4n) is 3.17. The molecule has 2 N–H and O–H groups in total. The highest BCUT2D eigenvalue weighted by Gasteiger charge is 2.31. The van der Waals surface area contributed by atoms with Crippen molar-refractivity contribution in [2.45, 2.75) is 26.1 Å². The number of nitrogens with one attached hydrogen (secondary N) is 2. The second-order valence-electron chi connectivity index (χ2n) is 7.10. The number of piperazine rings is 1. The van der Waals surface area contributed by atoms with E-state index in [4.69, 9.17) is 4.74 Å². The van der Waals surface area contributed by atoms with E-state index in [1.807, 2.05) is 14.0 Å². The number of guanidine groups is 1. The molecule has 2 rings (SSSR count). The second-order valence-corrected chi connectivity index (χ2v) is 7.10. The Hall–Kier alpha value is -1.27. The number of nitrogens with zero attached hydrogens (tertiary/aromatic N) is 3. The van der Waals surface area contributed by atoms with Gasteiger partial charge in [0.25, 0.3) is 0 Å². The van der Waals surface area contributed by atoms with Gasteiger partial charge >= 0.3 is 6.18 Å². The first kappa shape index (κ1) is 26.8. The van der Waals surface area contributed by atoms with Crippen molar-refractivity contribution in [3.63, 3.8) is 0 Å². The number of hydrogen-bond acceptors (Lipinski definition) is 4. The van der Waals surface area contributed by atoms with Gasteiger partial charge in [-0.1, -0.05) is 0 Å². The number of alkyl halides is 3. The molecule has 30 heavy (non-hydrogen) atoms. The van der Waals surface area contributed by atoms with E-state index >= 15 is 0 Å². The first-order chi connectivity index (χ1) is 13.8. The van der Waals surface area contributed by atoms with Crippen molar-refractivity contribution in [3.05, 3.63) is 29.3 Å². The molecule has 0 amide bonds. The monoisotopic (exact) mass is 543 g/mol. The third-order valence-electron chi connectivity index (χ3n) is 4.82. The van der Waals surface area contributed by atoms with Gasteiger partial charge in [0.2, 0.25) is 0 Å². The lowest BCUT2D eigenvalue weighted by molar-refractivity contribution is -0.137. The van der Waals surface area contributed by atoms with Crippen LogP contribution in [0.1, 0.15) is 24.5 Å². The standard InChI is InChI=1S/C20H32F3N5O.HI/c1-4-24-19(25-8-5-13-29-3)26-15-16-14-17(20(21,22)23)6-7-18(16)28-11-9-27(2)10-12-28;/h6-7,14H,4-5,8-13,15H2,1-3H3,(H2,24,25,26);1H. The van der Waals surface area contributed by atoms with Gasteiger partial charge in [-0.2, -0.15) is 13.2 Å². The number of benzene rings is 1. The predicted molar refractivity (Wildman–Crippen MR) is 126 cm³/mol. The molecule has 1 heterocycles. The van der Waals surface area contributed by atoms with E-state index < -0.39 is 11.7 Å². The third kappa shape index (κ3) is 8.46. The van der Waals surface area contributed by atoms with Gasteiger partial charge in [-0.25, -0.2) is 4.99 Å². The van der Waals surface area contributed by atoms with E-state index in [9.17, 15) is 13.2 Å². The Morgan fingerprint density at radius 3 is 2.47 bits per heavy atom. The molecule has 1 saturated heterocycles. The van der Waals surface area contributed by atoms with Crippen LogP contribution in [0.25, 0.3) is 0 Å². The maximum Gasteiger partial charge on any atom is 0.416 e. The van der Waals surface area contributed by atoms with Crippen molar-refractivity contribution in [3.8, 4) is 0 Å². The minimum Gasteiger partial charge on any atom is -0.385 e. The summed E-state index contributed by atoms with van der Waals surface area (Å²) in [5, 5.41) is 6.33. The number of anilines is 1. The Bertz CT molecular complexity index is 664. The quantitative estimate of drug-likeness (QED) is 0.229. The molecule has 1 aliphatic rings. The first-order valence-corrected chi connectivity index (χ1v) is 10.00. The van der Waals surface area contributed by atoms with Gasteiger partial charge in [0.05, 0.1) is 12.1 Å². The lowest BCUT2D eigenvalue weighted by Gasteiger charge is -2.35. The zero-order valence-electron chi connectivity index (χ0n) is 17.9. The summed E-state index contributed by atoms with van der Waals surface area (Å²) < 4.78 is 44.8. The SMILES string of the molecule is CCNC(=NCc1cc(C(F)(F)F)ccc1N1CCN(C)CC1)NCCCOC.I. The summed E-state index contributed by atoms with van der Waals surface area (Å²) in [4.78, 5) is 8.88. The molecule has 0 bridgehead atoms. The predicted octanol–water partition coefficient (Wildman–Crippen LogP) is 3.17. The lowest BCUT2D eigenvalue weighted by Crippen LogP contribution is -2.44. The molecule has 1 fully saturated rings. The number of methoxy groups -OCH3 is 1. The normalized spacial score (nSPS) is 15.7. The van der Waals surface area contributed by atoms with Crippen LogP contribution in [0.15, 0.2) is 23.2 Å². The Morgan fingerprint density at radius 2 is 1.87 bits per heavy atom. The molecule has 172 valence electrons. The van der Waals surface area contributed by atoms with Gasteiger partial charge in [0.15, 0.2) is 5.96 Å². The molecule has 0 radical (unpaired) electrons. The second kappa shape index (κ2) is 13.2. The fourth-order valence-corrected chi connectivity index (χ4v) is 3.17. The van der Waals surface area contributed by atoms with Crippen molar-refractivity contribution in [1.82, 2.24) is 15.5 Å². The van der Waals surface area contributed by atoms with E-state index in [1.54, 1.807) is 13.2 Å². The number of ether oxygens (including phenoxy) is 1. The van der Waals surface area contributed by atoms with E-state index in [-0.39, 0.29) is 30.5 Å². The number of hydrogen-bond donors (Lipinski definition) is 2. The Balaban J connectivity index is 0.00000450. The van der Waals surface area contributed by atoms with Crippen molar-refractivity contribution in [2.24, 2.45) is 4.99 Å².